The van der Waals surface area contributed by atoms with Gasteiger partial charge in [0, 0.05) is 23.9 Å². The molecule has 5 heteroatoms. The predicted octanol–water partition coefficient (Wildman–Crippen LogP) is 4.12. The molecule has 1 saturated heterocycles. The summed E-state index contributed by atoms with van der Waals surface area (Å²) in [5, 5.41) is 6.38. The zero-order valence-electron chi connectivity index (χ0n) is 12.5. The van der Waals surface area contributed by atoms with Crippen molar-refractivity contribution in [3.8, 4) is 0 Å². The number of hydrogen-bond donors (Lipinski definition) is 2. The fraction of sp³-hybridized carbons (Fsp3) is 0.562. The fourth-order valence-electron chi connectivity index (χ4n) is 2.50. The van der Waals surface area contributed by atoms with Crippen LogP contribution in [0.15, 0.2) is 18.2 Å². The Morgan fingerprint density at radius 3 is 3.00 bits per heavy atom. The highest BCUT2D eigenvalue weighted by Crippen LogP contribution is 2.19. The Hall–Kier alpha value is -1.26. The van der Waals surface area contributed by atoms with E-state index in [2.05, 4.69) is 10.6 Å². The number of halogens is 1. The van der Waals surface area contributed by atoms with E-state index in [9.17, 15) is 4.79 Å². The summed E-state index contributed by atoms with van der Waals surface area (Å²) in [7, 11) is 0. The van der Waals surface area contributed by atoms with E-state index in [1.165, 1.54) is 12.8 Å². The summed E-state index contributed by atoms with van der Waals surface area (Å²) >= 11 is 5.89. The first-order chi connectivity index (χ1) is 10.1. The van der Waals surface area contributed by atoms with Gasteiger partial charge in [0.15, 0.2) is 0 Å². The Morgan fingerprint density at radius 1 is 1.43 bits per heavy atom. The molecule has 4 nitrogen and oxygen atoms in total. The summed E-state index contributed by atoms with van der Waals surface area (Å²) in [6.45, 7) is 3.51. The van der Waals surface area contributed by atoms with E-state index >= 15 is 0 Å². The number of benzene rings is 1. The zero-order chi connectivity index (χ0) is 15.1. The molecule has 2 rings (SSSR count). The number of amides is 2. The first kappa shape index (κ1) is 16.1. The van der Waals surface area contributed by atoms with Crippen LogP contribution in [0.5, 0.6) is 0 Å². The average Bonchev–Trinajstić information content (AvgIpc) is 2.95. The number of anilines is 1. The number of unbranched alkanes of at least 4 members (excludes halogenated alkanes) is 1. The topological polar surface area (TPSA) is 50.4 Å². The summed E-state index contributed by atoms with van der Waals surface area (Å²) in [5.41, 5.74) is 1.74. The maximum atomic E-state index is 11.8. The van der Waals surface area contributed by atoms with Crippen molar-refractivity contribution >= 4 is 23.3 Å². The molecule has 1 heterocycles. The summed E-state index contributed by atoms with van der Waals surface area (Å²) in [6.07, 6.45) is 5.97. The predicted molar refractivity (Wildman–Crippen MR) is 86.0 cm³/mol. The second-order valence-electron chi connectivity index (χ2n) is 5.47. The fourth-order valence-corrected chi connectivity index (χ4v) is 2.73. The van der Waals surface area contributed by atoms with Crippen LogP contribution in [-0.2, 0) is 4.74 Å². The van der Waals surface area contributed by atoms with Crippen LogP contribution in [0, 0.1) is 6.92 Å². The van der Waals surface area contributed by atoms with E-state index in [4.69, 9.17) is 16.3 Å². The minimum absolute atomic E-state index is 0.169. The van der Waals surface area contributed by atoms with E-state index in [0.717, 1.165) is 37.1 Å². The highest BCUT2D eigenvalue weighted by molar-refractivity contribution is 6.30. The van der Waals surface area contributed by atoms with E-state index in [-0.39, 0.29) is 6.03 Å². The van der Waals surface area contributed by atoms with Gasteiger partial charge in [-0.3, -0.25) is 0 Å². The number of nitrogens with one attached hydrogen (secondary N) is 2. The number of hydrogen-bond acceptors (Lipinski definition) is 2. The average molecular weight is 311 g/mol. The van der Waals surface area contributed by atoms with Crippen LogP contribution in [0.2, 0.25) is 5.02 Å². The zero-order valence-corrected chi connectivity index (χ0v) is 13.2. The number of rotatable bonds is 6. The van der Waals surface area contributed by atoms with Crippen LogP contribution in [0.25, 0.3) is 0 Å². The van der Waals surface area contributed by atoms with Gasteiger partial charge in [0.1, 0.15) is 0 Å². The molecule has 0 unspecified atom stereocenters. The number of urea groups is 1. The van der Waals surface area contributed by atoms with Crippen molar-refractivity contribution < 1.29 is 9.53 Å². The second-order valence-corrected chi connectivity index (χ2v) is 5.91. The van der Waals surface area contributed by atoms with E-state index in [0.29, 0.717) is 17.7 Å². The molecule has 0 aliphatic carbocycles. The van der Waals surface area contributed by atoms with E-state index in [1.807, 2.05) is 19.1 Å². The molecule has 0 aromatic heterocycles. The van der Waals surface area contributed by atoms with Crippen LogP contribution in [0.1, 0.15) is 37.7 Å². The Bertz CT molecular complexity index is 473. The van der Waals surface area contributed by atoms with Gasteiger partial charge < -0.3 is 15.4 Å². The molecule has 21 heavy (non-hydrogen) atoms. The molecule has 2 amide bonds. The van der Waals surface area contributed by atoms with E-state index < -0.39 is 0 Å². The third-order valence-electron chi connectivity index (χ3n) is 3.70. The number of carbonyl (C=O) groups excluding carboxylic acids is 1. The minimum atomic E-state index is -0.169. The summed E-state index contributed by atoms with van der Waals surface area (Å²) in [4.78, 5) is 11.8. The largest absolute Gasteiger partial charge is 0.378 e. The molecule has 1 aromatic rings. The molecule has 1 atom stereocenters. The third-order valence-corrected chi connectivity index (χ3v) is 3.93. The van der Waals surface area contributed by atoms with Crippen LogP contribution < -0.4 is 10.6 Å². The smallest absolute Gasteiger partial charge is 0.319 e. The standard InChI is InChI=1S/C16H23ClN2O2/c1-12-11-13(17)7-8-15(12)19-16(20)18-9-3-2-5-14-6-4-10-21-14/h7-8,11,14H,2-6,9-10H2,1H3,(H2,18,19,20)/t14-/m0/s1. The van der Waals surface area contributed by atoms with Gasteiger partial charge in [0.25, 0.3) is 0 Å². The molecule has 1 aliphatic rings. The van der Waals surface area contributed by atoms with Gasteiger partial charge in [-0.2, -0.15) is 0 Å². The van der Waals surface area contributed by atoms with Crippen molar-refractivity contribution in [1.29, 1.82) is 0 Å². The Labute approximate surface area is 131 Å². The Morgan fingerprint density at radius 2 is 2.29 bits per heavy atom. The lowest BCUT2D eigenvalue weighted by Crippen LogP contribution is -2.29. The van der Waals surface area contributed by atoms with Gasteiger partial charge in [0.2, 0.25) is 0 Å². The molecular weight excluding hydrogens is 288 g/mol. The van der Waals surface area contributed by atoms with Crippen LogP contribution in [0.4, 0.5) is 10.5 Å². The van der Waals surface area contributed by atoms with E-state index in [1.54, 1.807) is 6.07 Å². The van der Waals surface area contributed by atoms with Crippen molar-refractivity contribution in [1.82, 2.24) is 5.32 Å². The molecule has 0 spiro atoms. The summed E-state index contributed by atoms with van der Waals surface area (Å²) in [5.74, 6) is 0. The lowest BCUT2D eigenvalue weighted by atomic mass is 10.1. The van der Waals surface area contributed by atoms with Crippen LogP contribution in [-0.4, -0.2) is 25.3 Å². The molecule has 1 fully saturated rings. The molecule has 1 aliphatic heterocycles. The van der Waals surface area contributed by atoms with Crippen molar-refractivity contribution in [3.63, 3.8) is 0 Å². The third kappa shape index (κ3) is 5.56. The molecule has 0 saturated carbocycles. The van der Waals surface area contributed by atoms with Crippen LogP contribution in [0.3, 0.4) is 0 Å². The molecular formula is C16H23ClN2O2. The normalized spacial score (nSPS) is 17.7. The Kier molecular flexibility index (Phi) is 6.33. The molecule has 116 valence electrons. The van der Waals surface area contributed by atoms with Crippen LogP contribution >= 0.6 is 11.6 Å². The second kappa shape index (κ2) is 8.25. The highest BCUT2D eigenvalue weighted by Gasteiger charge is 2.14. The van der Waals surface area contributed by atoms with Gasteiger partial charge in [-0.1, -0.05) is 11.6 Å². The Balaban J connectivity index is 1.60. The lowest BCUT2D eigenvalue weighted by Gasteiger charge is -2.11. The summed E-state index contributed by atoms with van der Waals surface area (Å²) < 4.78 is 5.57. The lowest BCUT2D eigenvalue weighted by molar-refractivity contribution is 0.102. The maximum Gasteiger partial charge on any atom is 0.319 e. The van der Waals surface area contributed by atoms with Gasteiger partial charge in [-0.05, 0) is 62.8 Å². The van der Waals surface area contributed by atoms with Gasteiger partial charge >= 0.3 is 6.03 Å². The monoisotopic (exact) mass is 310 g/mol. The number of carbonyl (C=O) groups is 1. The first-order valence-electron chi connectivity index (χ1n) is 7.58. The van der Waals surface area contributed by atoms with Gasteiger partial charge in [0.05, 0.1) is 6.10 Å². The molecule has 1 aromatic carbocycles. The highest BCUT2D eigenvalue weighted by atomic mass is 35.5. The SMILES string of the molecule is Cc1cc(Cl)ccc1NC(=O)NCCCC[C@H]1CCCO1. The molecule has 2 N–H and O–H groups in total. The van der Waals surface area contributed by atoms with Crippen molar-refractivity contribution in [2.24, 2.45) is 0 Å². The van der Waals surface area contributed by atoms with Gasteiger partial charge in [-0.15, -0.1) is 0 Å². The summed E-state index contributed by atoms with van der Waals surface area (Å²) in [6, 6.07) is 5.25. The number of ether oxygens (including phenoxy) is 1. The maximum absolute atomic E-state index is 11.8. The number of aryl methyl sites for hydroxylation is 1. The molecule has 0 bridgehead atoms. The minimum Gasteiger partial charge on any atom is -0.378 e. The van der Waals surface area contributed by atoms with Gasteiger partial charge in [-0.25, -0.2) is 4.79 Å². The van der Waals surface area contributed by atoms with Crippen molar-refractivity contribution in [2.45, 2.75) is 45.1 Å². The van der Waals surface area contributed by atoms with Crippen molar-refractivity contribution in [3.05, 3.63) is 28.8 Å². The van der Waals surface area contributed by atoms with Crippen molar-refractivity contribution in [2.75, 3.05) is 18.5 Å². The molecule has 0 radical (unpaired) electrons. The quantitative estimate of drug-likeness (QED) is 0.777. The first-order valence-corrected chi connectivity index (χ1v) is 7.95.